The van der Waals surface area contributed by atoms with Gasteiger partial charge in [0.05, 0.1) is 11.0 Å². The fraction of sp³-hybridized carbons (Fsp3) is 0.190. The molecular formula is C42H36N2. The van der Waals surface area contributed by atoms with E-state index in [1.165, 1.54) is 83.3 Å². The van der Waals surface area contributed by atoms with Crippen LogP contribution in [0.4, 0.5) is 0 Å². The minimum Gasteiger partial charge on any atom is -0.357 e. The smallest absolute Gasteiger partial charge is 0.114 e. The molecular weight excluding hydrogens is 532 g/mol. The van der Waals surface area contributed by atoms with E-state index in [0.717, 1.165) is 6.54 Å². The molecule has 5 aromatic carbocycles. The van der Waals surface area contributed by atoms with Crippen molar-refractivity contribution < 1.29 is 0 Å². The van der Waals surface area contributed by atoms with Crippen molar-refractivity contribution in [2.45, 2.75) is 38.5 Å². The van der Waals surface area contributed by atoms with Gasteiger partial charge in [-0.25, -0.2) is 0 Å². The predicted octanol–water partition coefficient (Wildman–Crippen LogP) is 10.2. The van der Waals surface area contributed by atoms with Gasteiger partial charge in [0.15, 0.2) is 0 Å². The number of fused-ring (bicyclic) bond motifs is 9. The standard InChI is InChI=1S/C42H36N2/c1-41(2)34-17-11-9-15-28(34)30-22-31-32-23-33-29-16-10-12-18-38(29)44(39(33)25-37(32)42(3,4)36(31)24-35(30)41)40-21-27(19-20-43(40)5)26-13-7-6-8-14-26/h6-19,21-25H,20H2,1-5H3. The van der Waals surface area contributed by atoms with Crippen molar-refractivity contribution in [1.82, 2.24) is 9.47 Å². The third kappa shape index (κ3) is 3.26. The molecule has 0 bridgehead atoms. The molecule has 0 fully saturated rings. The summed E-state index contributed by atoms with van der Waals surface area (Å²) >= 11 is 0. The van der Waals surface area contributed by atoms with Crippen LogP contribution in [0.15, 0.2) is 115 Å². The van der Waals surface area contributed by atoms with Crippen LogP contribution in [-0.2, 0) is 10.8 Å². The molecule has 2 nitrogen and oxygen atoms in total. The van der Waals surface area contributed by atoms with E-state index in [-0.39, 0.29) is 10.8 Å². The van der Waals surface area contributed by atoms with Gasteiger partial charge in [-0.2, -0.15) is 0 Å². The van der Waals surface area contributed by atoms with Crippen molar-refractivity contribution in [1.29, 1.82) is 0 Å². The Balaban J connectivity index is 1.30. The van der Waals surface area contributed by atoms with E-state index in [9.17, 15) is 0 Å². The van der Waals surface area contributed by atoms with E-state index >= 15 is 0 Å². The number of rotatable bonds is 2. The summed E-state index contributed by atoms with van der Waals surface area (Å²) < 4.78 is 2.50. The van der Waals surface area contributed by atoms with Crippen LogP contribution in [0.2, 0.25) is 0 Å². The highest BCUT2D eigenvalue weighted by molar-refractivity contribution is 6.12. The molecule has 0 radical (unpaired) electrons. The molecule has 6 aromatic rings. The van der Waals surface area contributed by atoms with Gasteiger partial charge < -0.3 is 4.90 Å². The van der Waals surface area contributed by atoms with Crippen LogP contribution in [0.3, 0.4) is 0 Å². The fourth-order valence-electron chi connectivity index (χ4n) is 8.34. The van der Waals surface area contributed by atoms with Gasteiger partial charge in [0.25, 0.3) is 0 Å². The Hall–Kier alpha value is -4.82. The molecule has 0 amide bonds. The van der Waals surface area contributed by atoms with Crippen LogP contribution in [0.5, 0.6) is 0 Å². The maximum Gasteiger partial charge on any atom is 0.114 e. The zero-order valence-corrected chi connectivity index (χ0v) is 26.1. The van der Waals surface area contributed by atoms with E-state index in [1.54, 1.807) is 0 Å². The fourth-order valence-corrected chi connectivity index (χ4v) is 8.34. The minimum absolute atomic E-state index is 0.00860. The molecule has 0 spiro atoms. The second-order valence-corrected chi connectivity index (χ2v) is 13.9. The van der Waals surface area contributed by atoms with Gasteiger partial charge in [-0.15, -0.1) is 0 Å². The first-order valence-electron chi connectivity index (χ1n) is 15.8. The minimum atomic E-state index is -0.109. The largest absolute Gasteiger partial charge is 0.357 e. The average molecular weight is 569 g/mol. The van der Waals surface area contributed by atoms with E-state index in [0.29, 0.717) is 0 Å². The summed E-state index contributed by atoms with van der Waals surface area (Å²) in [6.07, 6.45) is 4.70. The lowest BCUT2D eigenvalue weighted by Crippen LogP contribution is -2.24. The third-order valence-electron chi connectivity index (χ3n) is 10.8. The monoisotopic (exact) mass is 568 g/mol. The Bertz CT molecular complexity index is 2260. The molecule has 2 heteroatoms. The number of hydrogen-bond donors (Lipinski definition) is 0. The molecule has 0 N–H and O–H groups in total. The predicted molar refractivity (Wildman–Crippen MR) is 186 cm³/mol. The average Bonchev–Trinajstić information content (AvgIpc) is 3.57. The molecule has 1 aromatic heterocycles. The summed E-state index contributed by atoms with van der Waals surface area (Å²) in [6.45, 7) is 10.5. The third-order valence-corrected chi connectivity index (χ3v) is 10.8. The molecule has 3 aliphatic rings. The van der Waals surface area contributed by atoms with Crippen LogP contribution in [-0.4, -0.2) is 23.1 Å². The van der Waals surface area contributed by atoms with Gasteiger partial charge in [0.1, 0.15) is 5.82 Å². The van der Waals surface area contributed by atoms with E-state index in [4.69, 9.17) is 0 Å². The van der Waals surface area contributed by atoms with Crippen molar-refractivity contribution in [2.24, 2.45) is 0 Å². The summed E-state index contributed by atoms with van der Waals surface area (Å²) in [4.78, 5) is 2.37. The summed E-state index contributed by atoms with van der Waals surface area (Å²) in [5.74, 6) is 1.21. The Labute approximate surface area is 259 Å². The van der Waals surface area contributed by atoms with Gasteiger partial charge in [-0.3, -0.25) is 4.57 Å². The zero-order chi connectivity index (χ0) is 30.0. The maximum atomic E-state index is 2.54. The summed E-state index contributed by atoms with van der Waals surface area (Å²) in [5, 5.41) is 2.61. The number of nitrogens with zero attached hydrogens (tertiary/aromatic N) is 2. The number of likely N-dealkylation sites (N-methyl/N-ethyl adjacent to an activating group) is 1. The van der Waals surface area contributed by atoms with Crippen LogP contribution in [0, 0.1) is 0 Å². The van der Waals surface area contributed by atoms with Gasteiger partial charge >= 0.3 is 0 Å². The van der Waals surface area contributed by atoms with Crippen molar-refractivity contribution in [2.75, 3.05) is 13.6 Å². The first-order valence-corrected chi connectivity index (χ1v) is 15.8. The zero-order valence-electron chi connectivity index (χ0n) is 26.1. The molecule has 2 aliphatic carbocycles. The number of allylic oxidation sites excluding steroid dienone is 2. The first kappa shape index (κ1) is 25.7. The molecule has 0 atom stereocenters. The lowest BCUT2D eigenvalue weighted by Gasteiger charge is -2.28. The van der Waals surface area contributed by atoms with Gasteiger partial charge in [0, 0.05) is 35.2 Å². The summed E-state index contributed by atoms with van der Waals surface area (Å²) in [5.41, 5.74) is 16.2. The molecule has 1 aliphatic heterocycles. The SMILES string of the molecule is CN1CC=C(c2ccccc2)C=C1n1c2ccccc2c2cc3c(cc21)C(C)(C)c1cc2c(cc1-3)-c1ccccc1C2(C)C. The summed E-state index contributed by atoms with van der Waals surface area (Å²) in [6, 6.07) is 38.7. The summed E-state index contributed by atoms with van der Waals surface area (Å²) in [7, 11) is 2.21. The lowest BCUT2D eigenvalue weighted by atomic mass is 9.77. The molecule has 2 heterocycles. The number of aromatic nitrogens is 1. The van der Waals surface area contributed by atoms with Crippen molar-refractivity contribution >= 4 is 33.2 Å². The lowest BCUT2D eigenvalue weighted by molar-refractivity contribution is 0.508. The van der Waals surface area contributed by atoms with Crippen LogP contribution >= 0.6 is 0 Å². The number of benzene rings is 5. The van der Waals surface area contributed by atoms with E-state index in [2.05, 4.69) is 159 Å². The second-order valence-electron chi connectivity index (χ2n) is 13.9. The Morgan fingerprint density at radius 3 is 2.00 bits per heavy atom. The van der Waals surface area contributed by atoms with Crippen LogP contribution in [0.25, 0.3) is 55.5 Å². The molecule has 44 heavy (non-hydrogen) atoms. The normalized spacial score (nSPS) is 17.2. The van der Waals surface area contributed by atoms with Crippen LogP contribution < -0.4 is 0 Å². The van der Waals surface area contributed by atoms with E-state index < -0.39 is 0 Å². The van der Waals surface area contributed by atoms with Crippen molar-refractivity contribution in [3.05, 3.63) is 143 Å². The van der Waals surface area contributed by atoms with Gasteiger partial charge in [0.2, 0.25) is 0 Å². The highest BCUT2D eigenvalue weighted by Gasteiger charge is 2.42. The molecule has 214 valence electrons. The van der Waals surface area contributed by atoms with Crippen molar-refractivity contribution in [3.8, 4) is 22.3 Å². The number of hydrogen-bond acceptors (Lipinski definition) is 1. The van der Waals surface area contributed by atoms with Gasteiger partial charge in [-0.05, 0) is 86.0 Å². The number of para-hydroxylation sites is 1. The quantitative estimate of drug-likeness (QED) is 0.202. The van der Waals surface area contributed by atoms with E-state index in [1.807, 2.05) is 0 Å². The highest BCUT2D eigenvalue weighted by atomic mass is 15.3. The Kier molecular flexibility index (Phi) is 5.04. The molecule has 9 rings (SSSR count). The topological polar surface area (TPSA) is 8.17 Å². The first-order chi connectivity index (χ1) is 21.2. The molecule has 0 saturated carbocycles. The maximum absolute atomic E-state index is 2.54. The highest BCUT2D eigenvalue weighted by Crippen LogP contribution is 2.57. The van der Waals surface area contributed by atoms with Crippen LogP contribution in [0.1, 0.15) is 55.5 Å². The van der Waals surface area contributed by atoms with Crippen molar-refractivity contribution in [3.63, 3.8) is 0 Å². The van der Waals surface area contributed by atoms with Gasteiger partial charge in [-0.1, -0.05) is 113 Å². The second kappa shape index (κ2) is 8.64. The Morgan fingerprint density at radius 2 is 1.18 bits per heavy atom. The molecule has 0 saturated heterocycles. The Morgan fingerprint density at radius 1 is 0.545 bits per heavy atom. The molecule has 0 unspecified atom stereocenters.